The standard InChI is InChI=1S/C78H81NO11/c1-3-51-83-53-15-11-13-18-56-85-70-43-31-63(32-44-70)23-21-61-25-37-68(38-26-61)76(80)89-73-49-50-75(90-77(81)69-39-27-62(28-40-69)22-24-64-33-45-71(46-34-64)86-57-19-14-12-16-54-84-52-4-2)74(59-73)78(82)88-58-20-10-8-6-5-7-9-17-55-87-72-47-41-67(42-48-72)66-35-29-65(60-79)30-36-66/h3-4,25-50,59H,1-2,5-20,51-58H2. The number of nitriles is 1. The van der Waals surface area contributed by atoms with E-state index < -0.39 is 17.9 Å². The maximum atomic E-state index is 13.8. The van der Waals surface area contributed by atoms with Crippen LogP contribution in [0.25, 0.3) is 11.1 Å². The van der Waals surface area contributed by atoms with Crippen LogP contribution < -0.4 is 23.7 Å². The van der Waals surface area contributed by atoms with Crippen molar-refractivity contribution in [1.29, 1.82) is 5.26 Å². The van der Waals surface area contributed by atoms with E-state index in [0.29, 0.717) is 56.1 Å². The lowest BCUT2D eigenvalue weighted by Crippen LogP contribution is -2.14. The van der Waals surface area contributed by atoms with Crippen molar-refractivity contribution < 1.29 is 52.3 Å². The maximum absolute atomic E-state index is 13.8. The predicted octanol–water partition coefficient (Wildman–Crippen LogP) is 17.1. The molecule has 90 heavy (non-hydrogen) atoms. The second-order valence-electron chi connectivity index (χ2n) is 21.4. The number of ether oxygens (including phenoxy) is 8. The second-order valence-corrected chi connectivity index (χ2v) is 21.4. The van der Waals surface area contributed by atoms with E-state index >= 15 is 0 Å². The van der Waals surface area contributed by atoms with Crippen LogP contribution in [0.4, 0.5) is 0 Å². The van der Waals surface area contributed by atoms with Crippen molar-refractivity contribution in [3.05, 3.63) is 234 Å². The van der Waals surface area contributed by atoms with Crippen LogP contribution in [-0.4, -0.2) is 70.8 Å². The molecule has 7 aromatic carbocycles. The van der Waals surface area contributed by atoms with Crippen molar-refractivity contribution >= 4 is 17.9 Å². The van der Waals surface area contributed by atoms with Crippen LogP contribution >= 0.6 is 0 Å². The van der Waals surface area contributed by atoms with Gasteiger partial charge in [-0.2, -0.15) is 5.26 Å². The molecule has 0 aliphatic heterocycles. The molecule has 7 aromatic rings. The van der Waals surface area contributed by atoms with Crippen LogP contribution in [0.1, 0.15) is 162 Å². The first-order valence-electron chi connectivity index (χ1n) is 31.3. The molecule has 12 nitrogen and oxygen atoms in total. The van der Waals surface area contributed by atoms with Crippen LogP contribution in [0.2, 0.25) is 0 Å². The third kappa shape index (κ3) is 25.2. The highest BCUT2D eigenvalue weighted by molar-refractivity contribution is 5.97. The van der Waals surface area contributed by atoms with Gasteiger partial charge < -0.3 is 37.9 Å². The van der Waals surface area contributed by atoms with Crippen molar-refractivity contribution in [2.24, 2.45) is 0 Å². The average Bonchev–Trinajstić information content (AvgIpc) is 1.65. The van der Waals surface area contributed by atoms with Gasteiger partial charge >= 0.3 is 17.9 Å². The Hall–Kier alpha value is -9.64. The van der Waals surface area contributed by atoms with E-state index in [2.05, 4.69) is 42.9 Å². The van der Waals surface area contributed by atoms with Crippen molar-refractivity contribution in [3.8, 4) is 69.6 Å². The van der Waals surface area contributed by atoms with Gasteiger partial charge in [-0.05, 0) is 202 Å². The molecule has 0 fully saturated rings. The summed E-state index contributed by atoms with van der Waals surface area (Å²) < 4.78 is 46.0. The highest BCUT2D eigenvalue weighted by Crippen LogP contribution is 2.28. The zero-order valence-electron chi connectivity index (χ0n) is 51.6. The van der Waals surface area contributed by atoms with Gasteiger partial charge in [0.1, 0.15) is 34.3 Å². The molecule has 464 valence electrons. The smallest absolute Gasteiger partial charge is 0.343 e. The van der Waals surface area contributed by atoms with Crippen LogP contribution in [0, 0.1) is 35.0 Å². The molecule has 0 saturated carbocycles. The van der Waals surface area contributed by atoms with E-state index in [0.717, 1.165) is 149 Å². The van der Waals surface area contributed by atoms with Gasteiger partial charge in [-0.15, -0.1) is 13.2 Å². The second kappa shape index (κ2) is 40.0. The molecule has 0 aromatic heterocycles. The van der Waals surface area contributed by atoms with Gasteiger partial charge in [-0.3, -0.25) is 0 Å². The fraction of sp³-hybridized carbons (Fsp3) is 0.308. The van der Waals surface area contributed by atoms with Gasteiger partial charge in [-0.1, -0.05) is 111 Å². The van der Waals surface area contributed by atoms with Crippen molar-refractivity contribution in [1.82, 2.24) is 0 Å². The summed E-state index contributed by atoms with van der Waals surface area (Å²) in [5.41, 5.74) is 6.23. The number of hydrogen-bond donors (Lipinski definition) is 0. The topological polar surface area (TPSA) is 149 Å². The minimum Gasteiger partial charge on any atom is -0.494 e. The van der Waals surface area contributed by atoms with E-state index in [1.54, 1.807) is 60.7 Å². The van der Waals surface area contributed by atoms with Gasteiger partial charge in [0, 0.05) is 35.5 Å². The van der Waals surface area contributed by atoms with Crippen molar-refractivity contribution in [2.75, 3.05) is 52.9 Å². The number of rotatable bonds is 38. The molecular formula is C78H81NO11. The predicted molar refractivity (Wildman–Crippen MR) is 353 cm³/mol. The molecule has 0 heterocycles. The minimum absolute atomic E-state index is 0.0491. The average molecular weight is 1210 g/mol. The lowest BCUT2D eigenvalue weighted by atomic mass is 10.0. The molecule has 0 N–H and O–H groups in total. The fourth-order valence-electron chi connectivity index (χ4n) is 9.29. The highest BCUT2D eigenvalue weighted by Gasteiger charge is 2.21. The SMILES string of the molecule is C=CCOCCCCCCOc1ccc(C#Cc2ccc(C(=O)Oc3ccc(OC(=O)c4ccc(C#Cc5ccc(OCCCCCCOCC=C)cc5)cc4)c(C(=O)OCCCCCCCCCCOc4ccc(-c5ccc(C#N)cc5)cc4)c3)cc2)cc1. The Balaban J connectivity index is 0.875. The quantitative estimate of drug-likeness (QED) is 0.0119. The van der Waals surface area contributed by atoms with Crippen LogP contribution in [0.15, 0.2) is 189 Å². The summed E-state index contributed by atoms with van der Waals surface area (Å²) in [6, 6.07) is 50.6. The van der Waals surface area contributed by atoms with Crippen LogP contribution in [0.5, 0.6) is 28.7 Å². The van der Waals surface area contributed by atoms with E-state index in [4.69, 9.17) is 43.2 Å². The summed E-state index contributed by atoms with van der Waals surface area (Å²) in [7, 11) is 0. The summed E-state index contributed by atoms with van der Waals surface area (Å²) in [5, 5.41) is 9.07. The number of hydrogen-bond acceptors (Lipinski definition) is 12. The number of carbonyl (C=O) groups excluding carboxylic acids is 3. The Morgan fingerprint density at radius 3 is 1.10 bits per heavy atom. The Labute approximate surface area is 531 Å². The highest BCUT2D eigenvalue weighted by atomic mass is 16.6. The van der Waals surface area contributed by atoms with Crippen LogP contribution in [0.3, 0.4) is 0 Å². The van der Waals surface area contributed by atoms with Gasteiger partial charge in [0.2, 0.25) is 0 Å². The normalized spacial score (nSPS) is 10.5. The first-order chi connectivity index (χ1) is 44.3. The Bertz CT molecular complexity index is 3490. The van der Waals surface area contributed by atoms with E-state index in [-0.39, 0.29) is 34.8 Å². The number of carbonyl (C=O) groups is 3. The summed E-state index contributed by atoms with van der Waals surface area (Å²) in [4.78, 5) is 40.9. The molecule has 12 heteroatoms. The minimum atomic E-state index is -0.722. The third-order valence-corrected chi connectivity index (χ3v) is 14.4. The molecule has 7 rings (SSSR count). The molecule has 0 bridgehead atoms. The largest absolute Gasteiger partial charge is 0.494 e. The number of esters is 3. The molecular weight excluding hydrogens is 1130 g/mol. The first-order valence-corrected chi connectivity index (χ1v) is 31.3. The monoisotopic (exact) mass is 1210 g/mol. The number of benzene rings is 7. The van der Waals surface area contributed by atoms with Gasteiger partial charge in [0.25, 0.3) is 0 Å². The summed E-state index contributed by atoms with van der Waals surface area (Å²) in [6.07, 6.45) is 19.6. The first kappa shape index (κ1) is 67.9. The fourth-order valence-corrected chi connectivity index (χ4v) is 9.29. The Morgan fingerprint density at radius 1 is 0.356 bits per heavy atom. The molecule has 0 amide bonds. The van der Waals surface area contributed by atoms with E-state index in [1.165, 1.54) is 18.2 Å². The molecule has 0 aliphatic rings. The Morgan fingerprint density at radius 2 is 0.689 bits per heavy atom. The van der Waals surface area contributed by atoms with Gasteiger partial charge in [0.05, 0.1) is 62.4 Å². The molecule has 0 spiro atoms. The van der Waals surface area contributed by atoms with E-state index in [1.807, 2.05) is 97.1 Å². The van der Waals surface area contributed by atoms with Crippen molar-refractivity contribution in [2.45, 2.75) is 103 Å². The third-order valence-electron chi connectivity index (χ3n) is 14.4. The lowest BCUT2D eigenvalue weighted by molar-refractivity contribution is 0.0490. The van der Waals surface area contributed by atoms with Gasteiger partial charge in [0.15, 0.2) is 0 Å². The van der Waals surface area contributed by atoms with Crippen LogP contribution in [-0.2, 0) is 14.2 Å². The van der Waals surface area contributed by atoms with E-state index in [9.17, 15) is 14.4 Å². The summed E-state index contributed by atoms with van der Waals surface area (Å²) in [6.45, 7) is 12.1. The molecule has 0 saturated heterocycles. The lowest BCUT2D eigenvalue weighted by Gasteiger charge is -2.12. The number of unbranched alkanes of at least 4 members (excludes halogenated alkanes) is 13. The molecule has 0 radical (unpaired) electrons. The summed E-state index contributed by atoms with van der Waals surface area (Å²) in [5.74, 6) is 12.9. The maximum Gasteiger partial charge on any atom is 0.343 e. The molecule has 0 atom stereocenters. The Kier molecular flexibility index (Phi) is 30.2. The zero-order chi connectivity index (χ0) is 63.1. The zero-order valence-corrected chi connectivity index (χ0v) is 51.6. The molecule has 0 unspecified atom stereocenters. The number of nitrogens with zero attached hydrogens (tertiary/aromatic N) is 1. The van der Waals surface area contributed by atoms with Gasteiger partial charge in [-0.25, -0.2) is 14.4 Å². The van der Waals surface area contributed by atoms with Crippen molar-refractivity contribution in [3.63, 3.8) is 0 Å². The summed E-state index contributed by atoms with van der Waals surface area (Å²) >= 11 is 0. The molecule has 0 aliphatic carbocycles.